The lowest BCUT2D eigenvalue weighted by molar-refractivity contribution is -0.123. The predicted octanol–water partition coefficient (Wildman–Crippen LogP) is 4.76. The van der Waals surface area contributed by atoms with E-state index in [-0.39, 0.29) is 6.42 Å². The molecule has 0 aliphatic carbocycles. The van der Waals surface area contributed by atoms with Gasteiger partial charge in [0.25, 0.3) is 0 Å². The molecule has 6 heteroatoms. The molecule has 6 nitrogen and oxygen atoms in total. The molecule has 3 rings (SSSR count). The minimum Gasteiger partial charge on any atom is -0.495 e. The first-order valence-electron chi connectivity index (χ1n) is 9.11. The van der Waals surface area contributed by atoms with E-state index in [4.69, 9.17) is 9.47 Å². The molecule has 0 radical (unpaired) electrons. The van der Waals surface area contributed by atoms with Crippen molar-refractivity contribution in [1.29, 1.82) is 0 Å². The Morgan fingerprint density at radius 1 is 0.793 bits per heavy atom. The van der Waals surface area contributed by atoms with E-state index in [1.165, 1.54) is 7.11 Å². The minimum absolute atomic E-state index is 0.337. The highest BCUT2D eigenvalue weighted by Gasteiger charge is 2.14. The Bertz CT molecular complexity index is 1000. The van der Waals surface area contributed by atoms with Crippen molar-refractivity contribution in [3.05, 3.63) is 78.4 Å². The van der Waals surface area contributed by atoms with Crippen LogP contribution in [0.5, 0.6) is 17.2 Å². The van der Waals surface area contributed by atoms with Crippen LogP contribution in [0.1, 0.15) is 12.0 Å². The lowest BCUT2D eigenvalue weighted by atomic mass is 10.2. The second kappa shape index (κ2) is 9.41. The van der Waals surface area contributed by atoms with Gasteiger partial charge in [0.2, 0.25) is 11.8 Å². The van der Waals surface area contributed by atoms with Crippen molar-refractivity contribution >= 4 is 23.2 Å². The van der Waals surface area contributed by atoms with E-state index < -0.39 is 11.8 Å². The van der Waals surface area contributed by atoms with Crippen LogP contribution in [0.3, 0.4) is 0 Å². The molecule has 0 bridgehead atoms. The topological polar surface area (TPSA) is 76.7 Å². The van der Waals surface area contributed by atoms with E-state index >= 15 is 0 Å². The summed E-state index contributed by atoms with van der Waals surface area (Å²) in [6.07, 6.45) is -0.337. The summed E-state index contributed by atoms with van der Waals surface area (Å²) in [7, 11) is 1.52. The third-order valence-electron chi connectivity index (χ3n) is 4.08. The average Bonchev–Trinajstić information content (AvgIpc) is 2.70. The Labute approximate surface area is 169 Å². The van der Waals surface area contributed by atoms with Crippen molar-refractivity contribution in [2.75, 3.05) is 17.7 Å². The van der Waals surface area contributed by atoms with Crippen LogP contribution < -0.4 is 20.1 Å². The smallest absolute Gasteiger partial charge is 0.233 e. The van der Waals surface area contributed by atoms with Crippen molar-refractivity contribution in [3.8, 4) is 17.2 Å². The van der Waals surface area contributed by atoms with Crippen LogP contribution in [0.15, 0.2) is 72.8 Å². The zero-order chi connectivity index (χ0) is 20.6. The molecule has 29 heavy (non-hydrogen) atoms. The van der Waals surface area contributed by atoms with Gasteiger partial charge < -0.3 is 20.1 Å². The molecule has 0 saturated heterocycles. The van der Waals surface area contributed by atoms with Gasteiger partial charge in [0.05, 0.1) is 18.5 Å². The van der Waals surface area contributed by atoms with Crippen molar-refractivity contribution in [1.82, 2.24) is 0 Å². The Kier molecular flexibility index (Phi) is 6.47. The summed E-state index contributed by atoms with van der Waals surface area (Å²) in [6.45, 7) is 1.91. The molecule has 0 spiro atoms. The number of ether oxygens (including phenoxy) is 2. The monoisotopic (exact) mass is 390 g/mol. The fourth-order valence-electron chi connectivity index (χ4n) is 2.73. The fraction of sp³-hybridized carbons (Fsp3) is 0.130. The maximum atomic E-state index is 12.4. The standard InChI is InChI=1S/C23H22N2O4/c1-16-12-13-20(28-2)19(14-16)25-23(27)15-22(26)24-18-10-6-7-11-21(18)29-17-8-4-3-5-9-17/h3-14H,15H2,1-2H3,(H,24,26)(H,25,27). The highest BCUT2D eigenvalue weighted by molar-refractivity contribution is 6.08. The van der Waals surface area contributed by atoms with E-state index in [0.29, 0.717) is 28.6 Å². The van der Waals surface area contributed by atoms with E-state index in [1.807, 2.05) is 49.4 Å². The van der Waals surface area contributed by atoms with Crippen LogP contribution in [0.25, 0.3) is 0 Å². The summed E-state index contributed by atoms with van der Waals surface area (Å²) in [5.41, 5.74) is 1.98. The summed E-state index contributed by atoms with van der Waals surface area (Å²) >= 11 is 0. The Hall–Kier alpha value is -3.80. The number of rotatable bonds is 7. The number of para-hydroxylation sites is 3. The molecule has 0 saturated carbocycles. The van der Waals surface area contributed by atoms with Crippen LogP contribution in [0.4, 0.5) is 11.4 Å². The molecule has 0 aliphatic heterocycles. The summed E-state index contributed by atoms with van der Waals surface area (Å²) in [5, 5.41) is 5.45. The van der Waals surface area contributed by atoms with Crippen LogP contribution >= 0.6 is 0 Å². The SMILES string of the molecule is COc1ccc(C)cc1NC(=O)CC(=O)Nc1ccccc1Oc1ccccc1. The van der Waals surface area contributed by atoms with Crippen molar-refractivity contribution < 1.29 is 19.1 Å². The Balaban J connectivity index is 1.64. The second-order valence-electron chi connectivity index (χ2n) is 6.39. The third kappa shape index (κ3) is 5.59. The van der Waals surface area contributed by atoms with Gasteiger partial charge in [0.15, 0.2) is 5.75 Å². The molecule has 0 aromatic heterocycles. The first kappa shape index (κ1) is 19.9. The van der Waals surface area contributed by atoms with Gasteiger partial charge in [-0.15, -0.1) is 0 Å². The van der Waals surface area contributed by atoms with Crippen LogP contribution in [0.2, 0.25) is 0 Å². The number of hydrogen-bond acceptors (Lipinski definition) is 4. The molecule has 0 aliphatic rings. The molecule has 0 fully saturated rings. The lowest BCUT2D eigenvalue weighted by Crippen LogP contribution is -2.22. The molecule has 148 valence electrons. The lowest BCUT2D eigenvalue weighted by Gasteiger charge is -2.13. The van der Waals surface area contributed by atoms with Gasteiger partial charge in [0, 0.05) is 0 Å². The number of amides is 2. The zero-order valence-corrected chi connectivity index (χ0v) is 16.3. The highest BCUT2D eigenvalue weighted by atomic mass is 16.5. The Morgan fingerprint density at radius 2 is 1.45 bits per heavy atom. The normalized spacial score (nSPS) is 10.1. The molecule has 0 unspecified atom stereocenters. The van der Waals surface area contributed by atoms with Crippen molar-refractivity contribution in [2.45, 2.75) is 13.3 Å². The number of benzene rings is 3. The summed E-state index contributed by atoms with van der Waals surface area (Å²) in [6, 6.07) is 21.8. The molecule has 0 atom stereocenters. The molecule has 2 N–H and O–H groups in total. The number of methoxy groups -OCH3 is 1. The molecular formula is C23H22N2O4. The number of carbonyl (C=O) groups is 2. The van der Waals surface area contributed by atoms with Gasteiger partial charge in [-0.05, 0) is 48.9 Å². The van der Waals surface area contributed by atoms with E-state index in [1.54, 1.807) is 30.3 Å². The maximum Gasteiger partial charge on any atom is 0.233 e. The summed E-state index contributed by atoms with van der Waals surface area (Å²) in [5.74, 6) is 0.795. The molecule has 0 heterocycles. The number of anilines is 2. The minimum atomic E-state index is -0.446. The molecule has 2 amide bonds. The second-order valence-corrected chi connectivity index (χ2v) is 6.39. The van der Waals surface area contributed by atoms with Crippen LogP contribution in [-0.4, -0.2) is 18.9 Å². The highest BCUT2D eigenvalue weighted by Crippen LogP contribution is 2.29. The first-order chi connectivity index (χ1) is 14.0. The summed E-state index contributed by atoms with van der Waals surface area (Å²) < 4.78 is 11.1. The van der Waals surface area contributed by atoms with Gasteiger partial charge >= 0.3 is 0 Å². The van der Waals surface area contributed by atoms with E-state index in [0.717, 1.165) is 5.56 Å². The maximum absolute atomic E-state index is 12.4. The van der Waals surface area contributed by atoms with Gasteiger partial charge in [-0.25, -0.2) is 0 Å². The number of aryl methyl sites for hydroxylation is 1. The third-order valence-corrected chi connectivity index (χ3v) is 4.08. The number of carbonyl (C=O) groups excluding carboxylic acids is 2. The van der Waals surface area contributed by atoms with Gasteiger partial charge in [-0.1, -0.05) is 36.4 Å². The largest absolute Gasteiger partial charge is 0.495 e. The van der Waals surface area contributed by atoms with E-state index in [9.17, 15) is 9.59 Å². The average molecular weight is 390 g/mol. The van der Waals surface area contributed by atoms with Gasteiger partial charge in [0.1, 0.15) is 17.9 Å². The quantitative estimate of drug-likeness (QED) is 0.570. The van der Waals surface area contributed by atoms with Gasteiger partial charge in [-0.2, -0.15) is 0 Å². The molecule has 3 aromatic rings. The number of nitrogens with one attached hydrogen (secondary N) is 2. The van der Waals surface area contributed by atoms with Crippen molar-refractivity contribution in [3.63, 3.8) is 0 Å². The van der Waals surface area contributed by atoms with Crippen LogP contribution in [-0.2, 0) is 9.59 Å². The Morgan fingerprint density at radius 3 is 2.17 bits per heavy atom. The van der Waals surface area contributed by atoms with E-state index in [2.05, 4.69) is 10.6 Å². The zero-order valence-electron chi connectivity index (χ0n) is 16.3. The molecular weight excluding hydrogens is 368 g/mol. The van der Waals surface area contributed by atoms with Crippen LogP contribution in [0, 0.1) is 6.92 Å². The first-order valence-corrected chi connectivity index (χ1v) is 9.11. The number of hydrogen-bond donors (Lipinski definition) is 2. The predicted molar refractivity (Wildman–Crippen MR) is 113 cm³/mol. The van der Waals surface area contributed by atoms with Gasteiger partial charge in [-0.3, -0.25) is 9.59 Å². The summed E-state index contributed by atoms with van der Waals surface area (Å²) in [4.78, 5) is 24.7. The van der Waals surface area contributed by atoms with Crippen molar-refractivity contribution in [2.24, 2.45) is 0 Å². The molecule has 3 aromatic carbocycles. The fourth-order valence-corrected chi connectivity index (χ4v) is 2.73.